The number of likely N-dealkylation sites (tertiary alicyclic amines) is 1. The zero-order valence-electron chi connectivity index (χ0n) is 11.7. The summed E-state index contributed by atoms with van der Waals surface area (Å²) in [7, 11) is 1.54. The van der Waals surface area contributed by atoms with Crippen LogP contribution in [-0.2, 0) is 14.3 Å². The van der Waals surface area contributed by atoms with Gasteiger partial charge in [-0.3, -0.25) is 9.59 Å². The molecule has 3 N–H and O–H groups in total. The van der Waals surface area contributed by atoms with E-state index in [0.29, 0.717) is 38.9 Å². The van der Waals surface area contributed by atoms with Crippen LogP contribution in [0, 0.1) is 5.41 Å². The first-order valence-corrected chi connectivity index (χ1v) is 6.73. The number of aliphatic carboxylic acids is 1. The molecule has 6 heteroatoms. The Morgan fingerprint density at radius 2 is 2.00 bits per heavy atom. The van der Waals surface area contributed by atoms with Crippen LogP contribution in [0.3, 0.4) is 0 Å². The third-order valence-electron chi connectivity index (χ3n) is 4.20. The van der Waals surface area contributed by atoms with Gasteiger partial charge in [0.15, 0.2) is 0 Å². The maximum atomic E-state index is 12.0. The number of hydrogen-bond acceptors (Lipinski definition) is 4. The summed E-state index contributed by atoms with van der Waals surface area (Å²) in [5.41, 5.74) is 4.83. The van der Waals surface area contributed by atoms with Crippen LogP contribution in [0.5, 0.6) is 0 Å². The van der Waals surface area contributed by atoms with Gasteiger partial charge in [-0.1, -0.05) is 6.92 Å². The van der Waals surface area contributed by atoms with Gasteiger partial charge in [0.2, 0.25) is 5.91 Å². The van der Waals surface area contributed by atoms with Crippen molar-refractivity contribution in [1.29, 1.82) is 0 Å². The summed E-state index contributed by atoms with van der Waals surface area (Å²) < 4.78 is 5.09. The molecule has 0 saturated carbocycles. The average Bonchev–Trinajstić information content (AvgIpc) is 2.44. The highest BCUT2D eigenvalue weighted by atomic mass is 16.5. The quantitative estimate of drug-likeness (QED) is 0.732. The summed E-state index contributed by atoms with van der Waals surface area (Å²) in [6.07, 6.45) is 1.65. The molecule has 1 atom stereocenters. The third-order valence-corrected chi connectivity index (χ3v) is 4.20. The normalized spacial score (nSPS) is 20.1. The lowest BCUT2D eigenvalue weighted by Crippen LogP contribution is -2.47. The highest BCUT2D eigenvalue weighted by molar-refractivity contribution is 5.78. The number of rotatable bonds is 6. The number of carbonyl (C=O) groups excluding carboxylic acids is 1. The van der Waals surface area contributed by atoms with Gasteiger partial charge in [-0.2, -0.15) is 0 Å². The Hall–Kier alpha value is -1.14. The number of carboxylic acids is 1. The van der Waals surface area contributed by atoms with Gasteiger partial charge in [-0.15, -0.1) is 0 Å². The van der Waals surface area contributed by atoms with Crippen molar-refractivity contribution in [2.45, 2.75) is 38.7 Å². The van der Waals surface area contributed by atoms with Gasteiger partial charge in [0.05, 0.1) is 17.9 Å². The summed E-state index contributed by atoms with van der Waals surface area (Å²) in [5, 5.41) is 9.30. The molecule has 1 unspecified atom stereocenters. The molecule has 1 saturated heterocycles. The lowest BCUT2D eigenvalue weighted by molar-refractivity contribution is -0.155. The molecule has 110 valence electrons. The molecule has 0 aromatic rings. The largest absolute Gasteiger partial charge is 0.481 e. The lowest BCUT2D eigenvalue weighted by Gasteiger charge is -2.38. The molecule has 0 spiro atoms. The molecular weight excluding hydrogens is 248 g/mol. The smallest absolute Gasteiger partial charge is 0.309 e. The molecule has 0 aliphatic carbocycles. The second kappa shape index (κ2) is 6.86. The van der Waals surface area contributed by atoms with Crippen molar-refractivity contribution in [3.63, 3.8) is 0 Å². The highest BCUT2D eigenvalue weighted by Gasteiger charge is 2.40. The fourth-order valence-corrected chi connectivity index (χ4v) is 2.49. The monoisotopic (exact) mass is 272 g/mol. The van der Waals surface area contributed by atoms with Crippen LogP contribution in [-0.4, -0.2) is 54.7 Å². The number of methoxy groups -OCH3 is 1. The van der Waals surface area contributed by atoms with Crippen LogP contribution in [0.15, 0.2) is 0 Å². The molecule has 6 nitrogen and oxygen atoms in total. The van der Waals surface area contributed by atoms with Crippen molar-refractivity contribution in [3.8, 4) is 0 Å². The van der Waals surface area contributed by atoms with E-state index in [-0.39, 0.29) is 18.4 Å². The molecule has 1 aliphatic rings. The second-order valence-corrected chi connectivity index (χ2v) is 5.12. The van der Waals surface area contributed by atoms with Crippen LogP contribution in [0.2, 0.25) is 0 Å². The van der Waals surface area contributed by atoms with Gasteiger partial charge < -0.3 is 20.5 Å². The maximum Gasteiger partial charge on any atom is 0.309 e. The minimum absolute atomic E-state index is 0.00704. The van der Waals surface area contributed by atoms with Gasteiger partial charge in [0, 0.05) is 26.7 Å². The number of nitrogens with two attached hydrogens (primary N) is 1. The topological polar surface area (TPSA) is 92.9 Å². The minimum atomic E-state index is -0.751. The number of carboxylic acid groups (broad SMARTS) is 1. The van der Waals surface area contributed by atoms with Gasteiger partial charge in [-0.05, 0) is 19.3 Å². The first-order chi connectivity index (χ1) is 8.99. The molecule has 0 bridgehead atoms. The standard InChI is InChI=1S/C13H24N2O4/c1-3-13(12(17)18)4-6-15(7-5-13)11(16)8-10(9-14)19-2/h10H,3-9,14H2,1-2H3,(H,17,18). The van der Waals surface area contributed by atoms with Crippen LogP contribution in [0.1, 0.15) is 32.6 Å². The number of amides is 1. The zero-order valence-corrected chi connectivity index (χ0v) is 11.7. The number of piperidine rings is 1. The SMILES string of the molecule is CCC1(C(=O)O)CCN(C(=O)CC(CN)OC)CC1. The Labute approximate surface area is 113 Å². The second-order valence-electron chi connectivity index (χ2n) is 5.12. The van der Waals surface area contributed by atoms with Crippen molar-refractivity contribution < 1.29 is 19.4 Å². The van der Waals surface area contributed by atoms with E-state index in [4.69, 9.17) is 10.5 Å². The van der Waals surface area contributed by atoms with E-state index in [0.717, 1.165) is 0 Å². The maximum absolute atomic E-state index is 12.0. The van der Waals surface area contributed by atoms with E-state index in [1.165, 1.54) is 7.11 Å². The molecule has 0 radical (unpaired) electrons. The summed E-state index contributed by atoms with van der Waals surface area (Å²) in [4.78, 5) is 25.1. The fourth-order valence-electron chi connectivity index (χ4n) is 2.49. The van der Waals surface area contributed by atoms with Crippen LogP contribution >= 0.6 is 0 Å². The Balaban J connectivity index is 2.53. The Bertz CT molecular complexity index is 321. The number of nitrogens with zero attached hydrogens (tertiary/aromatic N) is 1. The van der Waals surface area contributed by atoms with Crippen molar-refractivity contribution in [2.24, 2.45) is 11.1 Å². The lowest BCUT2D eigenvalue weighted by atomic mass is 9.76. The predicted octanol–water partition coefficient (Wildman–Crippen LogP) is 0.454. The highest BCUT2D eigenvalue weighted by Crippen LogP contribution is 2.35. The Morgan fingerprint density at radius 3 is 2.37 bits per heavy atom. The van der Waals surface area contributed by atoms with Crippen molar-refractivity contribution in [3.05, 3.63) is 0 Å². The van der Waals surface area contributed by atoms with E-state index < -0.39 is 11.4 Å². The Morgan fingerprint density at radius 1 is 1.42 bits per heavy atom. The molecular formula is C13H24N2O4. The number of hydrogen-bond donors (Lipinski definition) is 2. The van der Waals surface area contributed by atoms with Crippen LogP contribution in [0.4, 0.5) is 0 Å². The first kappa shape index (κ1) is 15.9. The van der Waals surface area contributed by atoms with E-state index in [2.05, 4.69) is 0 Å². The number of ether oxygens (including phenoxy) is 1. The molecule has 1 rings (SSSR count). The van der Waals surface area contributed by atoms with Crippen LogP contribution in [0.25, 0.3) is 0 Å². The molecule has 1 fully saturated rings. The van der Waals surface area contributed by atoms with Gasteiger partial charge in [0.25, 0.3) is 0 Å². The molecule has 1 aliphatic heterocycles. The number of carbonyl (C=O) groups is 2. The van der Waals surface area contributed by atoms with Gasteiger partial charge in [-0.25, -0.2) is 0 Å². The zero-order chi connectivity index (χ0) is 14.5. The van der Waals surface area contributed by atoms with E-state index in [1.54, 1.807) is 4.90 Å². The summed E-state index contributed by atoms with van der Waals surface area (Å²) in [6.45, 7) is 3.20. The molecule has 19 heavy (non-hydrogen) atoms. The summed E-state index contributed by atoms with van der Waals surface area (Å²) >= 11 is 0. The first-order valence-electron chi connectivity index (χ1n) is 6.73. The molecule has 1 heterocycles. The van der Waals surface area contributed by atoms with Crippen LogP contribution < -0.4 is 5.73 Å². The minimum Gasteiger partial charge on any atom is -0.481 e. The Kier molecular flexibility index (Phi) is 5.75. The summed E-state index contributed by atoms with van der Waals surface area (Å²) in [5.74, 6) is -0.758. The fraction of sp³-hybridized carbons (Fsp3) is 0.846. The third kappa shape index (κ3) is 3.67. The summed E-state index contributed by atoms with van der Waals surface area (Å²) in [6, 6.07) is 0. The van der Waals surface area contributed by atoms with E-state index in [9.17, 15) is 14.7 Å². The predicted molar refractivity (Wildman–Crippen MR) is 70.6 cm³/mol. The van der Waals surface area contributed by atoms with Crippen molar-refractivity contribution >= 4 is 11.9 Å². The van der Waals surface area contributed by atoms with Gasteiger partial charge in [0.1, 0.15) is 0 Å². The van der Waals surface area contributed by atoms with Gasteiger partial charge >= 0.3 is 5.97 Å². The van der Waals surface area contributed by atoms with Crippen molar-refractivity contribution in [1.82, 2.24) is 4.90 Å². The molecule has 1 amide bonds. The van der Waals surface area contributed by atoms with Crippen molar-refractivity contribution in [2.75, 3.05) is 26.7 Å². The molecule has 0 aromatic heterocycles. The van der Waals surface area contributed by atoms with E-state index in [1.807, 2.05) is 6.92 Å². The molecule has 0 aromatic carbocycles. The van der Waals surface area contributed by atoms with E-state index >= 15 is 0 Å². The average molecular weight is 272 g/mol.